The summed E-state index contributed by atoms with van der Waals surface area (Å²) in [6.45, 7) is 4.81. The van der Waals surface area contributed by atoms with Crippen molar-refractivity contribution in [1.82, 2.24) is 5.32 Å². The molecule has 1 N–H and O–H groups in total. The lowest BCUT2D eigenvalue weighted by Gasteiger charge is -2.48. The van der Waals surface area contributed by atoms with Crippen LogP contribution in [0.3, 0.4) is 0 Å². The molecule has 0 aromatic rings. The van der Waals surface area contributed by atoms with Gasteiger partial charge in [-0.2, -0.15) is 0 Å². The number of hydrogen-bond donors (Lipinski definition) is 1. The van der Waals surface area contributed by atoms with E-state index in [1.807, 2.05) is 7.11 Å². The van der Waals surface area contributed by atoms with Crippen LogP contribution < -0.4 is 5.32 Å². The molecule has 1 saturated carbocycles. The number of ether oxygens (including phenoxy) is 1. The SMILES string of the molecule is CCCC1CNCCC12CCC(OC)CC2. The predicted octanol–water partition coefficient (Wildman–Crippen LogP) is 2.97. The summed E-state index contributed by atoms with van der Waals surface area (Å²) < 4.78 is 5.50. The highest BCUT2D eigenvalue weighted by atomic mass is 16.5. The van der Waals surface area contributed by atoms with Gasteiger partial charge in [-0.3, -0.25) is 0 Å². The van der Waals surface area contributed by atoms with Crippen LogP contribution in [0.25, 0.3) is 0 Å². The van der Waals surface area contributed by atoms with Crippen molar-refractivity contribution in [2.45, 2.75) is 58.0 Å². The number of hydrogen-bond acceptors (Lipinski definition) is 2. The van der Waals surface area contributed by atoms with Crippen LogP contribution in [0.2, 0.25) is 0 Å². The first-order valence-electron chi connectivity index (χ1n) is 7.04. The lowest BCUT2D eigenvalue weighted by atomic mass is 9.61. The van der Waals surface area contributed by atoms with E-state index < -0.39 is 0 Å². The molecule has 0 amide bonds. The number of nitrogens with one attached hydrogen (secondary N) is 1. The Morgan fingerprint density at radius 1 is 1.25 bits per heavy atom. The van der Waals surface area contributed by atoms with Crippen LogP contribution in [0.4, 0.5) is 0 Å². The van der Waals surface area contributed by atoms with Crippen molar-refractivity contribution < 1.29 is 4.74 Å². The Kier molecular flexibility index (Phi) is 4.26. The summed E-state index contributed by atoms with van der Waals surface area (Å²) >= 11 is 0. The fourth-order valence-corrected chi connectivity index (χ4v) is 3.85. The van der Waals surface area contributed by atoms with E-state index in [1.165, 1.54) is 58.0 Å². The molecule has 2 aliphatic rings. The molecule has 0 bridgehead atoms. The van der Waals surface area contributed by atoms with Gasteiger partial charge in [-0.15, -0.1) is 0 Å². The summed E-state index contributed by atoms with van der Waals surface area (Å²) in [5, 5.41) is 3.59. The van der Waals surface area contributed by atoms with Crippen molar-refractivity contribution in [3.63, 3.8) is 0 Å². The first-order chi connectivity index (χ1) is 7.80. The minimum atomic E-state index is 0.544. The second-order valence-corrected chi connectivity index (χ2v) is 5.74. The molecular weight excluding hydrogens is 198 g/mol. The Labute approximate surface area is 100 Å². The molecule has 1 atom stereocenters. The molecule has 0 aromatic carbocycles. The molecule has 2 rings (SSSR count). The van der Waals surface area contributed by atoms with Crippen molar-refractivity contribution in [3.8, 4) is 0 Å². The van der Waals surface area contributed by atoms with E-state index >= 15 is 0 Å². The third kappa shape index (κ3) is 2.43. The van der Waals surface area contributed by atoms with Crippen LogP contribution in [-0.2, 0) is 4.74 Å². The molecule has 1 aliphatic heterocycles. The van der Waals surface area contributed by atoms with Crippen LogP contribution in [-0.4, -0.2) is 26.3 Å². The summed E-state index contributed by atoms with van der Waals surface area (Å²) in [5.41, 5.74) is 0.663. The van der Waals surface area contributed by atoms with Crippen LogP contribution >= 0.6 is 0 Å². The molecular formula is C14H27NO. The molecule has 1 aliphatic carbocycles. The molecule has 2 fully saturated rings. The van der Waals surface area contributed by atoms with Crippen LogP contribution in [0, 0.1) is 11.3 Å². The Balaban J connectivity index is 1.98. The lowest BCUT2D eigenvalue weighted by molar-refractivity contribution is -0.0161. The van der Waals surface area contributed by atoms with Gasteiger partial charge in [0.05, 0.1) is 6.10 Å². The molecule has 2 heteroatoms. The van der Waals surface area contributed by atoms with E-state index in [2.05, 4.69) is 12.2 Å². The number of methoxy groups -OCH3 is 1. The quantitative estimate of drug-likeness (QED) is 0.797. The van der Waals surface area contributed by atoms with Gasteiger partial charge in [0.2, 0.25) is 0 Å². The van der Waals surface area contributed by atoms with E-state index in [1.54, 1.807) is 0 Å². The van der Waals surface area contributed by atoms with Gasteiger partial charge in [-0.05, 0) is 62.9 Å². The van der Waals surface area contributed by atoms with Crippen LogP contribution in [0.1, 0.15) is 51.9 Å². The highest BCUT2D eigenvalue weighted by Crippen LogP contribution is 2.48. The first kappa shape index (κ1) is 12.4. The van der Waals surface area contributed by atoms with Gasteiger partial charge < -0.3 is 10.1 Å². The Hall–Kier alpha value is -0.0800. The van der Waals surface area contributed by atoms with E-state index in [0.29, 0.717) is 11.5 Å². The van der Waals surface area contributed by atoms with Gasteiger partial charge in [0.25, 0.3) is 0 Å². The van der Waals surface area contributed by atoms with Crippen LogP contribution in [0.5, 0.6) is 0 Å². The molecule has 16 heavy (non-hydrogen) atoms. The molecule has 0 radical (unpaired) electrons. The van der Waals surface area contributed by atoms with Crippen molar-refractivity contribution in [2.75, 3.05) is 20.2 Å². The Bertz CT molecular complexity index is 207. The molecule has 94 valence electrons. The third-order valence-corrected chi connectivity index (χ3v) is 4.96. The topological polar surface area (TPSA) is 21.3 Å². The van der Waals surface area contributed by atoms with E-state index in [9.17, 15) is 0 Å². The van der Waals surface area contributed by atoms with Gasteiger partial charge >= 0.3 is 0 Å². The zero-order valence-electron chi connectivity index (χ0n) is 10.9. The highest BCUT2D eigenvalue weighted by molar-refractivity contribution is 4.95. The monoisotopic (exact) mass is 225 g/mol. The van der Waals surface area contributed by atoms with Crippen LogP contribution in [0.15, 0.2) is 0 Å². The Morgan fingerprint density at radius 3 is 2.62 bits per heavy atom. The van der Waals surface area contributed by atoms with Gasteiger partial charge in [-0.1, -0.05) is 13.3 Å². The molecule has 1 spiro atoms. The molecule has 1 saturated heterocycles. The molecule has 1 unspecified atom stereocenters. The van der Waals surface area contributed by atoms with Gasteiger partial charge in [0.1, 0.15) is 0 Å². The second-order valence-electron chi connectivity index (χ2n) is 5.74. The van der Waals surface area contributed by atoms with Gasteiger partial charge in [0.15, 0.2) is 0 Å². The normalized spacial score (nSPS) is 40.1. The fraction of sp³-hybridized carbons (Fsp3) is 1.00. The minimum Gasteiger partial charge on any atom is -0.381 e. The average Bonchev–Trinajstić information content (AvgIpc) is 2.34. The largest absolute Gasteiger partial charge is 0.381 e. The average molecular weight is 225 g/mol. The molecule has 1 heterocycles. The van der Waals surface area contributed by atoms with Crippen molar-refractivity contribution in [3.05, 3.63) is 0 Å². The number of piperidine rings is 1. The maximum Gasteiger partial charge on any atom is 0.0571 e. The van der Waals surface area contributed by atoms with E-state index in [0.717, 1.165) is 5.92 Å². The van der Waals surface area contributed by atoms with Gasteiger partial charge in [-0.25, -0.2) is 0 Å². The minimum absolute atomic E-state index is 0.544. The fourth-order valence-electron chi connectivity index (χ4n) is 3.85. The summed E-state index contributed by atoms with van der Waals surface area (Å²) in [5.74, 6) is 0.920. The maximum atomic E-state index is 5.50. The molecule has 0 aromatic heterocycles. The summed E-state index contributed by atoms with van der Waals surface area (Å²) in [6.07, 6.45) is 10.1. The predicted molar refractivity (Wildman–Crippen MR) is 67.6 cm³/mol. The first-order valence-corrected chi connectivity index (χ1v) is 7.04. The number of rotatable bonds is 3. The van der Waals surface area contributed by atoms with E-state index in [-0.39, 0.29) is 0 Å². The second kappa shape index (κ2) is 5.50. The summed E-state index contributed by atoms with van der Waals surface area (Å²) in [6, 6.07) is 0. The Morgan fingerprint density at radius 2 is 2.00 bits per heavy atom. The zero-order chi connectivity index (χ0) is 11.4. The smallest absolute Gasteiger partial charge is 0.0571 e. The van der Waals surface area contributed by atoms with E-state index in [4.69, 9.17) is 4.74 Å². The zero-order valence-corrected chi connectivity index (χ0v) is 10.9. The van der Waals surface area contributed by atoms with Crippen molar-refractivity contribution >= 4 is 0 Å². The third-order valence-electron chi connectivity index (χ3n) is 4.96. The maximum absolute atomic E-state index is 5.50. The van der Waals surface area contributed by atoms with Gasteiger partial charge in [0, 0.05) is 7.11 Å². The summed E-state index contributed by atoms with van der Waals surface area (Å²) in [7, 11) is 1.87. The van der Waals surface area contributed by atoms with Crippen molar-refractivity contribution in [2.24, 2.45) is 11.3 Å². The van der Waals surface area contributed by atoms with Crippen molar-refractivity contribution in [1.29, 1.82) is 0 Å². The highest BCUT2D eigenvalue weighted by Gasteiger charge is 2.42. The standard InChI is InChI=1S/C14H27NO/c1-3-4-12-11-15-10-9-14(12)7-5-13(16-2)6-8-14/h12-13,15H,3-11H2,1-2H3. The lowest BCUT2D eigenvalue weighted by Crippen LogP contribution is -2.47. The summed E-state index contributed by atoms with van der Waals surface area (Å²) in [4.78, 5) is 0. The molecule has 2 nitrogen and oxygen atoms in total.